The Morgan fingerprint density at radius 1 is 1.33 bits per heavy atom. The van der Waals surface area contributed by atoms with Crippen molar-refractivity contribution in [3.05, 3.63) is 35.9 Å². The molecule has 3 heteroatoms. The molecule has 2 rings (SSSR count). The molecule has 0 saturated carbocycles. The first-order chi connectivity index (χ1) is 7.29. The van der Waals surface area contributed by atoms with Crippen LogP contribution < -0.4 is 0 Å². The number of benzene rings is 1. The lowest BCUT2D eigenvalue weighted by Crippen LogP contribution is -2.30. The number of aliphatic hydroxyl groups is 1. The highest BCUT2D eigenvalue weighted by molar-refractivity contribution is 5.71. The topological polar surface area (TPSA) is 46.5 Å². The van der Waals surface area contributed by atoms with Gasteiger partial charge in [0, 0.05) is 0 Å². The minimum atomic E-state index is -0.337. The molecule has 80 valence electrons. The van der Waals surface area contributed by atoms with Crippen LogP contribution in [0.4, 0.5) is 0 Å². The van der Waals surface area contributed by atoms with Gasteiger partial charge in [0.25, 0.3) is 0 Å². The number of hydrogen-bond acceptors (Lipinski definition) is 3. The summed E-state index contributed by atoms with van der Waals surface area (Å²) in [5.74, 6) is -0.0289. The Morgan fingerprint density at radius 2 is 2.07 bits per heavy atom. The highest BCUT2D eigenvalue weighted by Crippen LogP contribution is 2.30. The highest BCUT2D eigenvalue weighted by Gasteiger charge is 2.28. The lowest BCUT2D eigenvalue weighted by molar-refractivity contribution is -0.157. The van der Waals surface area contributed by atoms with Crippen molar-refractivity contribution < 1.29 is 14.6 Å². The molecule has 0 amide bonds. The summed E-state index contributed by atoms with van der Waals surface area (Å²) in [5.41, 5.74) is 1.15. The van der Waals surface area contributed by atoms with Gasteiger partial charge in [0.1, 0.15) is 6.10 Å². The first-order valence-corrected chi connectivity index (χ1v) is 5.15. The number of esters is 1. The number of ether oxygens (including phenoxy) is 1. The smallest absolute Gasteiger partial charge is 0.306 e. The molecule has 1 fully saturated rings. The lowest BCUT2D eigenvalue weighted by atomic mass is 9.88. The van der Waals surface area contributed by atoms with E-state index in [1.165, 1.54) is 0 Å². The molecular formula is C12H14O3. The summed E-state index contributed by atoms with van der Waals surface area (Å²) >= 11 is 0. The summed E-state index contributed by atoms with van der Waals surface area (Å²) in [7, 11) is 0. The van der Waals surface area contributed by atoms with Gasteiger partial charge in [0.15, 0.2) is 0 Å². The Balaban J connectivity index is 2.12. The van der Waals surface area contributed by atoms with Crippen molar-refractivity contribution in [2.45, 2.75) is 24.9 Å². The van der Waals surface area contributed by atoms with E-state index in [-0.39, 0.29) is 24.6 Å². The van der Waals surface area contributed by atoms with E-state index in [0.717, 1.165) is 5.56 Å². The SMILES string of the molecule is O=C1CC(c2ccccc2)CC(CO)O1. The average Bonchev–Trinajstić information content (AvgIpc) is 2.29. The molecule has 1 aromatic carbocycles. The zero-order chi connectivity index (χ0) is 10.7. The van der Waals surface area contributed by atoms with Crippen LogP contribution in [0.2, 0.25) is 0 Å². The van der Waals surface area contributed by atoms with E-state index in [1.807, 2.05) is 30.3 Å². The van der Waals surface area contributed by atoms with E-state index in [1.54, 1.807) is 0 Å². The predicted octanol–water partition coefficient (Wildman–Crippen LogP) is 1.47. The van der Waals surface area contributed by atoms with E-state index in [2.05, 4.69) is 0 Å². The van der Waals surface area contributed by atoms with Gasteiger partial charge < -0.3 is 9.84 Å². The fraction of sp³-hybridized carbons (Fsp3) is 0.417. The maximum absolute atomic E-state index is 11.3. The van der Waals surface area contributed by atoms with E-state index in [0.29, 0.717) is 12.8 Å². The first kappa shape index (κ1) is 10.2. The third-order valence-corrected chi connectivity index (χ3v) is 2.73. The zero-order valence-electron chi connectivity index (χ0n) is 8.43. The van der Waals surface area contributed by atoms with Crippen LogP contribution in [0.1, 0.15) is 24.3 Å². The van der Waals surface area contributed by atoms with E-state index in [4.69, 9.17) is 9.84 Å². The van der Waals surface area contributed by atoms with Gasteiger partial charge in [-0.15, -0.1) is 0 Å². The van der Waals surface area contributed by atoms with Crippen molar-refractivity contribution in [3.63, 3.8) is 0 Å². The molecule has 2 unspecified atom stereocenters. The molecule has 0 bridgehead atoms. The van der Waals surface area contributed by atoms with Crippen molar-refractivity contribution in [1.82, 2.24) is 0 Å². The van der Waals surface area contributed by atoms with Crippen molar-refractivity contribution in [3.8, 4) is 0 Å². The maximum atomic E-state index is 11.3. The van der Waals surface area contributed by atoms with Crippen LogP contribution in [0.3, 0.4) is 0 Å². The molecule has 0 aliphatic carbocycles. The Labute approximate surface area is 88.7 Å². The third kappa shape index (κ3) is 2.36. The monoisotopic (exact) mass is 206 g/mol. The Bertz CT molecular complexity index is 334. The standard InChI is InChI=1S/C12H14O3/c13-8-11-6-10(7-12(14)15-11)9-4-2-1-3-5-9/h1-5,10-11,13H,6-8H2. The van der Waals surface area contributed by atoms with Gasteiger partial charge in [-0.25, -0.2) is 0 Å². The van der Waals surface area contributed by atoms with Gasteiger partial charge in [-0.05, 0) is 17.9 Å². The van der Waals surface area contributed by atoms with Crippen LogP contribution in [0.25, 0.3) is 0 Å². The fourth-order valence-corrected chi connectivity index (χ4v) is 1.97. The van der Waals surface area contributed by atoms with Crippen LogP contribution in [0.15, 0.2) is 30.3 Å². The molecule has 0 radical (unpaired) electrons. The van der Waals surface area contributed by atoms with Crippen molar-refractivity contribution in [1.29, 1.82) is 0 Å². The fourth-order valence-electron chi connectivity index (χ4n) is 1.97. The summed E-state index contributed by atoms with van der Waals surface area (Å²) in [6.07, 6.45) is 0.795. The normalized spacial score (nSPS) is 26.1. The van der Waals surface area contributed by atoms with Crippen molar-refractivity contribution in [2.24, 2.45) is 0 Å². The second kappa shape index (κ2) is 4.45. The largest absolute Gasteiger partial charge is 0.460 e. The molecule has 1 saturated heterocycles. The molecule has 3 nitrogen and oxygen atoms in total. The zero-order valence-corrected chi connectivity index (χ0v) is 8.43. The summed E-state index contributed by atoms with van der Waals surface area (Å²) in [5, 5.41) is 9.00. The minimum absolute atomic E-state index is 0.0882. The van der Waals surface area contributed by atoms with E-state index in [9.17, 15) is 4.79 Å². The Kier molecular flexibility index (Phi) is 3.02. The van der Waals surface area contributed by atoms with Crippen molar-refractivity contribution >= 4 is 5.97 Å². The van der Waals surface area contributed by atoms with Gasteiger partial charge in [0.2, 0.25) is 0 Å². The van der Waals surface area contributed by atoms with Crippen LogP contribution in [-0.2, 0) is 9.53 Å². The molecule has 1 heterocycles. The summed E-state index contributed by atoms with van der Waals surface area (Å²) in [6.45, 7) is -0.0882. The summed E-state index contributed by atoms with van der Waals surface area (Å²) in [4.78, 5) is 11.3. The van der Waals surface area contributed by atoms with Crippen LogP contribution >= 0.6 is 0 Å². The number of carbonyl (C=O) groups is 1. The molecule has 2 atom stereocenters. The predicted molar refractivity (Wildman–Crippen MR) is 55.4 cm³/mol. The van der Waals surface area contributed by atoms with Crippen LogP contribution in [-0.4, -0.2) is 23.8 Å². The number of hydrogen-bond donors (Lipinski definition) is 1. The van der Waals surface area contributed by atoms with E-state index >= 15 is 0 Å². The molecule has 1 aromatic rings. The summed E-state index contributed by atoms with van der Waals surface area (Å²) < 4.78 is 5.00. The van der Waals surface area contributed by atoms with Gasteiger partial charge in [-0.2, -0.15) is 0 Å². The van der Waals surface area contributed by atoms with Gasteiger partial charge in [0.05, 0.1) is 13.0 Å². The van der Waals surface area contributed by atoms with Gasteiger partial charge in [-0.3, -0.25) is 4.79 Å². The van der Waals surface area contributed by atoms with Gasteiger partial charge >= 0.3 is 5.97 Å². The Morgan fingerprint density at radius 3 is 2.73 bits per heavy atom. The molecule has 0 spiro atoms. The number of aliphatic hydroxyl groups excluding tert-OH is 1. The number of cyclic esters (lactones) is 1. The second-order valence-electron chi connectivity index (χ2n) is 3.84. The highest BCUT2D eigenvalue weighted by atomic mass is 16.6. The molecule has 0 aromatic heterocycles. The number of carbonyl (C=O) groups excluding carboxylic acids is 1. The van der Waals surface area contributed by atoms with E-state index < -0.39 is 0 Å². The quantitative estimate of drug-likeness (QED) is 0.745. The average molecular weight is 206 g/mol. The van der Waals surface area contributed by atoms with Crippen molar-refractivity contribution in [2.75, 3.05) is 6.61 Å². The first-order valence-electron chi connectivity index (χ1n) is 5.15. The van der Waals surface area contributed by atoms with Gasteiger partial charge in [-0.1, -0.05) is 30.3 Å². The molecule has 1 N–H and O–H groups in total. The number of rotatable bonds is 2. The molecule has 1 aliphatic heterocycles. The molecule has 15 heavy (non-hydrogen) atoms. The minimum Gasteiger partial charge on any atom is -0.460 e. The lowest BCUT2D eigenvalue weighted by Gasteiger charge is -2.27. The van der Waals surface area contributed by atoms with Crippen LogP contribution in [0, 0.1) is 0 Å². The molecule has 1 aliphatic rings. The summed E-state index contributed by atoms with van der Waals surface area (Å²) in [6, 6.07) is 9.90. The maximum Gasteiger partial charge on any atom is 0.306 e. The molecular weight excluding hydrogens is 192 g/mol. The second-order valence-corrected chi connectivity index (χ2v) is 3.84. The Hall–Kier alpha value is -1.35. The third-order valence-electron chi connectivity index (χ3n) is 2.73. The van der Waals surface area contributed by atoms with Crippen LogP contribution in [0.5, 0.6) is 0 Å².